The van der Waals surface area contributed by atoms with Gasteiger partial charge in [0, 0.05) is 21.6 Å². The van der Waals surface area contributed by atoms with E-state index in [2.05, 4.69) is 21.2 Å². The van der Waals surface area contributed by atoms with Gasteiger partial charge in [-0.05, 0) is 48.5 Å². The Kier molecular flexibility index (Phi) is 6.01. The Morgan fingerprint density at radius 1 is 1.15 bits per heavy atom. The highest BCUT2D eigenvalue weighted by Gasteiger charge is 2.40. The largest absolute Gasteiger partial charge is 0.325 e. The number of amides is 3. The van der Waals surface area contributed by atoms with Gasteiger partial charge in [0.05, 0.1) is 16.7 Å². The summed E-state index contributed by atoms with van der Waals surface area (Å²) in [6, 6.07) is 13.7. The maximum Gasteiger partial charge on any atom is 0.247 e. The molecule has 1 atom stereocenters. The number of imide groups is 1. The number of hydrogen-bond donors (Lipinski definition) is 1. The number of hydrogen-bond acceptors (Lipinski definition) is 4. The molecule has 1 unspecified atom stereocenters. The number of nitrogens with one attached hydrogen (secondary N) is 1. The summed E-state index contributed by atoms with van der Waals surface area (Å²) in [7, 11) is 0. The Labute approximate surface area is 168 Å². The van der Waals surface area contributed by atoms with Crippen LogP contribution < -0.4 is 10.2 Å². The third kappa shape index (κ3) is 4.47. The van der Waals surface area contributed by atoms with Crippen molar-refractivity contribution in [3.05, 3.63) is 58.0 Å². The fourth-order valence-electron chi connectivity index (χ4n) is 2.50. The first-order chi connectivity index (χ1) is 12.4. The lowest BCUT2D eigenvalue weighted by molar-refractivity contribution is -0.121. The van der Waals surface area contributed by atoms with Gasteiger partial charge in [-0.3, -0.25) is 14.4 Å². The molecule has 2 aromatic rings. The molecule has 0 radical (unpaired) electrons. The van der Waals surface area contributed by atoms with Crippen molar-refractivity contribution in [3.8, 4) is 0 Å². The molecule has 1 fully saturated rings. The van der Waals surface area contributed by atoms with Gasteiger partial charge >= 0.3 is 0 Å². The zero-order valence-electron chi connectivity index (χ0n) is 13.4. The minimum absolute atomic E-state index is 0.0810. The lowest BCUT2D eigenvalue weighted by Gasteiger charge is -2.15. The van der Waals surface area contributed by atoms with Crippen molar-refractivity contribution >= 4 is 68.4 Å². The van der Waals surface area contributed by atoms with E-state index >= 15 is 0 Å². The molecule has 1 heterocycles. The monoisotopic (exact) mass is 452 g/mol. The van der Waals surface area contributed by atoms with Crippen LogP contribution in [-0.4, -0.2) is 28.7 Å². The molecule has 0 aromatic heterocycles. The molecule has 1 aliphatic rings. The van der Waals surface area contributed by atoms with Crippen LogP contribution in [0.4, 0.5) is 11.4 Å². The number of thioether (sulfide) groups is 1. The molecule has 1 aliphatic heterocycles. The van der Waals surface area contributed by atoms with Crippen LogP contribution >= 0.6 is 39.3 Å². The smallest absolute Gasteiger partial charge is 0.247 e. The van der Waals surface area contributed by atoms with E-state index in [-0.39, 0.29) is 29.9 Å². The average molecular weight is 454 g/mol. The number of rotatable bonds is 5. The van der Waals surface area contributed by atoms with E-state index in [1.807, 2.05) is 12.1 Å². The Morgan fingerprint density at radius 3 is 2.46 bits per heavy atom. The first kappa shape index (κ1) is 18.9. The molecule has 3 rings (SSSR count). The van der Waals surface area contributed by atoms with E-state index in [9.17, 15) is 14.4 Å². The van der Waals surface area contributed by atoms with Gasteiger partial charge in [-0.15, -0.1) is 11.8 Å². The predicted octanol–water partition coefficient (Wildman–Crippen LogP) is 4.11. The van der Waals surface area contributed by atoms with Crippen LogP contribution in [0.15, 0.2) is 53.0 Å². The predicted molar refractivity (Wildman–Crippen MR) is 108 cm³/mol. The maximum absolute atomic E-state index is 12.5. The summed E-state index contributed by atoms with van der Waals surface area (Å²) in [6.45, 7) is 0. The van der Waals surface area contributed by atoms with E-state index in [1.165, 1.54) is 11.8 Å². The van der Waals surface area contributed by atoms with Crippen molar-refractivity contribution in [1.82, 2.24) is 0 Å². The Bertz CT molecular complexity index is 843. The molecule has 0 aliphatic carbocycles. The second kappa shape index (κ2) is 8.24. The molecule has 2 aromatic carbocycles. The van der Waals surface area contributed by atoms with Gasteiger partial charge in [0.2, 0.25) is 17.7 Å². The van der Waals surface area contributed by atoms with Crippen LogP contribution in [-0.2, 0) is 14.4 Å². The van der Waals surface area contributed by atoms with Crippen LogP contribution in [0.3, 0.4) is 0 Å². The van der Waals surface area contributed by atoms with Crippen molar-refractivity contribution in [1.29, 1.82) is 0 Å². The molecule has 1 N–H and O–H groups in total. The number of benzene rings is 2. The van der Waals surface area contributed by atoms with Crippen LogP contribution in [0.1, 0.15) is 6.42 Å². The molecule has 26 heavy (non-hydrogen) atoms. The zero-order valence-corrected chi connectivity index (χ0v) is 16.6. The van der Waals surface area contributed by atoms with Gasteiger partial charge in [-0.1, -0.05) is 27.5 Å². The summed E-state index contributed by atoms with van der Waals surface area (Å²) in [6.07, 6.45) is 0.0810. The molecule has 0 bridgehead atoms. The fourth-order valence-corrected chi connectivity index (χ4v) is 3.83. The summed E-state index contributed by atoms with van der Waals surface area (Å²) >= 11 is 10.3. The minimum atomic E-state index is -0.561. The summed E-state index contributed by atoms with van der Waals surface area (Å²) < 4.78 is 0.919. The molecule has 5 nitrogen and oxygen atoms in total. The minimum Gasteiger partial charge on any atom is -0.325 e. The van der Waals surface area contributed by atoms with Crippen LogP contribution in [0.5, 0.6) is 0 Å². The van der Waals surface area contributed by atoms with E-state index in [1.54, 1.807) is 36.4 Å². The van der Waals surface area contributed by atoms with Crippen molar-refractivity contribution in [2.24, 2.45) is 0 Å². The van der Waals surface area contributed by atoms with Crippen molar-refractivity contribution in [2.45, 2.75) is 11.7 Å². The summed E-state index contributed by atoms with van der Waals surface area (Å²) in [5, 5.41) is 2.73. The first-order valence-electron chi connectivity index (χ1n) is 7.73. The summed E-state index contributed by atoms with van der Waals surface area (Å²) in [5.74, 6) is -0.710. The third-order valence-corrected chi connectivity index (χ3v) is 5.71. The molecule has 0 saturated carbocycles. The van der Waals surface area contributed by atoms with E-state index in [4.69, 9.17) is 11.6 Å². The van der Waals surface area contributed by atoms with Gasteiger partial charge in [-0.25, -0.2) is 4.90 Å². The highest BCUT2D eigenvalue weighted by atomic mass is 79.9. The standard InChI is InChI=1S/C18H14BrClN2O3S/c19-11-1-5-13(6-2-11)21-16(23)10-26-15-9-17(24)22(18(15)25)14-7-3-12(20)4-8-14/h1-8,15H,9-10H2,(H,21,23). The molecule has 134 valence electrons. The molecule has 0 spiro atoms. The van der Waals surface area contributed by atoms with Crippen molar-refractivity contribution in [2.75, 3.05) is 16.0 Å². The quantitative estimate of drug-likeness (QED) is 0.692. The second-order valence-electron chi connectivity index (χ2n) is 5.60. The van der Waals surface area contributed by atoms with E-state index < -0.39 is 5.25 Å². The van der Waals surface area contributed by atoms with E-state index in [0.717, 1.165) is 9.37 Å². The summed E-state index contributed by atoms with van der Waals surface area (Å²) in [4.78, 5) is 37.9. The van der Waals surface area contributed by atoms with Gasteiger partial charge in [0.15, 0.2) is 0 Å². The highest BCUT2D eigenvalue weighted by molar-refractivity contribution is 9.10. The average Bonchev–Trinajstić information content (AvgIpc) is 2.90. The Morgan fingerprint density at radius 2 is 1.81 bits per heavy atom. The Balaban J connectivity index is 1.57. The molecule has 1 saturated heterocycles. The number of halogens is 2. The maximum atomic E-state index is 12.5. The lowest BCUT2D eigenvalue weighted by Crippen LogP contribution is -2.31. The molecular weight excluding hydrogens is 440 g/mol. The lowest BCUT2D eigenvalue weighted by atomic mass is 10.3. The van der Waals surface area contributed by atoms with Gasteiger partial charge < -0.3 is 5.32 Å². The van der Waals surface area contributed by atoms with Crippen molar-refractivity contribution in [3.63, 3.8) is 0 Å². The fraction of sp³-hybridized carbons (Fsp3) is 0.167. The Hall–Kier alpha value is -1.83. The van der Waals surface area contributed by atoms with Crippen LogP contribution in [0, 0.1) is 0 Å². The second-order valence-corrected chi connectivity index (χ2v) is 8.15. The molecular formula is C18H14BrClN2O3S. The highest BCUT2D eigenvalue weighted by Crippen LogP contribution is 2.30. The summed E-state index contributed by atoms with van der Waals surface area (Å²) in [5.41, 5.74) is 1.17. The van der Waals surface area contributed by atoms with E-state index in [0.29, 0.717) is 16.4 Å². The third-order valence-electron chi connectivity index (χ3n) is 3.73. The first-order valence-corrected chi connectivity index (χ1v) is 9.95. The van der Waals surface area contributed by atoms with Gasteiger partial charge in [0.1, 0.15) is 0 Å². The number of carbonyl (C=O) groups excluding carboxylic acids is 3. The van der Waals surface area contributed by atoms with Crippen LogP contribution in [0.25, 0.3) is 0 Å². The van der Waals surface area contributed by atoms with Crippen molar-refractivity contribution < 1.29 is 14.4 Å². The van der Waals surface area contributed by atoms with Gasteiger partial charge in [0.25, 0.3) is 0 Å². The normalized spacial score (nSPS) is 16.8. The number of nitrogens with zero attached hydrogens (tertiary/aromatic N) is 1. The number of carbonyl (C=O) groups is 3. The molecule has 8 heteroatoms. The SMILES string of the molecule is O=C(CSC1CC(=O)N(c2ccc(Cl)cc2)C1=O)Nc1ccc(Br)cc1. The van der Waals surface area contributed by atoms with Crippen LogP contribution in [0.2, 0.25) is 5.02 Å². The molecule has 3 amide bonds. The topological polar surface area (TPSA) is 66.5 Å². The van der Waals surface area contributed by atoms with Gasteiger partial charge in [-0.2, -0.15) is 0 Å². The zero-order chi connectivity index (χ0) is 18.7. The number of anilines is 2.